The van der Waals surface area contributed by atoms with Gasteiger partial charge < -0.3 is 10.1 Å². The second-order valence-electron chi connectivity index (χ2n) is 5.75. The third kappa shape index (κ3) is 5.52. The van der Waals surface area contributed by atoms with E-state index in [0.717, 1.165) is 29.9 Å². The molecule has 3 nitrogen and oxygen atoms in total. The van der Waals surface area contributed by atoms with Gasteiger partial charge in [0.05, 0.1) is 18.6 Å². The third-order valence-electron chi connectivity index (χ3n) is 3.56. The standard InChI is InChI=1S/C19H20F3NO2/c1-3-9-25-16-7-8-17(13(2)10-16)23-18(24)12-14-5-4-6-15(11-14)19(20,21)22/h4-8,10-11H,3,9,12H2,1-2H3,(H,23,24). The molecule has 0 bridgehead atoms. The molecule has 2 aromatic rings. The summed E-state index contributed by atoms with van der Waals surface area (Å²) < 4.78 is 43.7. The summed E-state index contributed by atoms with van der Waals surface area (Å²) in [6.45, 7) is 4.45. The minimum atomic E-state index is -4.42. The fourth-order valence-electron chi connectivity index (χ4n) is 2.32. The van der Waals surface area contributed by atoms with Crippen molar-refractivity contribution < 1.29 is 22.7 Å². The van der Waals surface area contributed by atoms with Crippen molar-refractivity contribution in [2.45, 2.75) is 32.9 Å². The zero-order valence-corrected chi connectivity index (χ0v) is 14.1. The second kappa shape index (κ2) is 8.05. The van der Waals surface area contributed by atoms with Crippen molar-refractivity contribution in [1.82, 2.24) is 0 Å². The Bertz CT molecular complexity index is 742. The molecule has 0 radical (unpaired) electrons. The smallest absolute Gasteiger partial charge is 0.416 e. The Labute approximate surface area is 144 Å². The van der Waals surface area contributed by atoms with E-state index in [2.05, 4.69) is 5.32 Å². The Morgan fingerprint density at radius 3 is 2.56 bits per heavy atom. The quantitative estimate of drug-likeness (QED) is 0.797. The van der Waals surface area contributed by atoms with Gasteiger partial charge in [0, 0.05) is 5.69 Å². The molecule has 0 unspecified atom stereocenters. The molecule has 0 aliphatic carbocycles. The van der Waals surface area contributed by atoms with Crippen LogP contribution in [0.2, 0.25) is 0 Å². The Balaban J connectivity index is 2.03. The van der Waals surface area contributed by atoms with E-state index < -0.39 is 11.7 Å². The number of nitrogens with one attached hydrogen (secondary N) is 1. The zero-order chi connectivity index (χ0) is 18.4. The van der Waals surface area contributed by atoms with Crippen molar-refractivity contribution in [1.29, 1.82) is 0 Å². The summed E-state index contributed by atoms with van der Waals surface area (Å²) in [4.78, 5) is 12.1. The van der Waals surface area contributed by atoms with Crippen molar-refractivity contribution in [2.75, 3.05) is 11.9 Å². The number of carbonyl (C=O) groups excluding carboxylic acids is 1. The van der Waals surface area contributed by atoms with Crippen LogP contribution in [-0.2, 0) is 17.4 Å². The highest BCUT2D eigenvalue weighted by atomic mass is 19.4. The van der Waals surface area contributed by atoms with E-state index in [1.807, 2.05) is 19.9 Å². The van der Waals surface area contributed by atoms with Gasteiger partial charge in [-0.1, -0.05) is 25.1 Å². The monoisotopic (exact) mass is 351 g/mol. The van der Waals surface area contributed by atoms with Crippen LogP contribution in [0.5, 0.6) is 5.75 Å². The van der Waals surface area contributed by atoms with Crippen molar-refractivity contribution in [2.24, 2.45) is 0 Å². The summed E-state index contributed by atoms with van der Waals surface area (Å²) in [6.07, 6.45) is -3.65. The van der Waals surface area contributed by atoms with E-state index in [1.54, 1.807) is 12.1 Å². The van der Waals surface area contributed by atoms with Gasteiger partial charge in [-0.2, -0.15) is 13.2 Å². The molecule has 1 N–H and O–H groups in total. The summed E-state index contributed by atoms with van der Waals surface area (Å²) >= 11 is 0. The van der Waals surface area contributed by atoms with Gasteiger partial charge in [0.25, 0.3) is 0 Å². The number of hydrogen-bond donors (Lipinski definition) is 1. The maximum atomic E-state index is 12.7. The average Bonchev–Trinajstić information content (AvgIpc) is 2.54. The Hall–Kier alpha value is -2.50. The molecule has 0 aliphatic rings. The largest absolute Gasteiger partial charge is 0.494 e. The summed E-state index contributed by atoms with van der Waals surface area (Å²) in [5.74, 6) is 0.347. The van der Waals surface area contributed by atoms with Gasteiger partial charge >= 0.3 is 6.18 Å². The predicted molar refractivity (Wildman–Crippen MR) is 90.7 cm³/mol. The first kappa shape index (κ1) is 18.8. The lowest BCUT2D eigenvalue weighted by Gasteiger charge is -2.12. The lowest BCUT2D eigenvalue weighted by Crippen LogP contribution is -2.16. The number of amides is 1. The lowest BCUT2D eigenvalue weighted by molar-refractivity contribution is -0.137. The maximum Gasteiger partial charge on any atom is 0.416 e. The van der Waals surface area contributed by atoms with E-state index in [0.29, 0.717) is 17.9 Å². The first-order chi connectivity index (χ1) is 11.8. The number of rotatable bonds is 6. The molecule has 25 heavy (non-hydrogen) atoms. The number of benzene rings is 2. The minimum Gasteiger partial charge on any atom is -0.494 e. The van der Waals surface area contributed by atoms with Crippen molar-refractivity contribution in [3.63, 3.8) is 0 Å². The van der Waals surface area contributed by atoms with Gasteiger partial charge in [-0.25, -0.2) is 0 Å². The average molecular weight is 351 g/mol. The molecule has 0 aliphatic heterocycles. The fourth-order valence-corrected chi connectivity index (χ4v) is 2.32. The van der Waals surface area contributed by atoms with Crippen LogP contribution < -0.4 is 10.1 Å². The van der Waals surface area contributed by atoms with Crippen LogP contribution in [0.25, 0.3) is 0 Å². The first-order valence-electron chi connectivity index (χ1n) is 7.99. The van der Waals surface area contributed by atoms with E-state index in [4.69, 9.17) is 4.74 Å². The van der Waals surface area contributed by atoms with Crippen LogP contribution in [-0.4, -0.2) is 12.5 Å². The predicted octanol–water partition coefficient (Wildman–Crippen LogP) is 4.98. The highest BCUT2D eigenvalue weighted by Crippen LogP contribution is 2.29. The molecule has 1 amide bonds. The number of halogens is 3. The zero-order valence-electron chi connectivity index (χ0n) is 14.1. The molecule has 2 aromatic carbocycles. The molecule has 6 heteroatoms. The van der Waals surface area contributed by atoms with E-state index in [-0.39, 0.29) is 12.3 Å². The minimum absolute atomic E-state index is 0.128. The highest BCUT2D eigenvalue weighted by Gasteiger charge is 2.30. The van der Waals surface area contributed by atoms with Crippen LogP contribution in [0.15, 0.2) is 42.5 Å². The Morgan fingerprint density at radius 2 is 1.92 bits per heavy atom. The Morgan fingerprint density at radius 1 is 1.16 bits per heavy atom. The molecule has 0 spiro atoms. The van der Waals surface area contributed by atoms with E-state index >= 15 is 0 Å². The van der Waals surface area contributed by atoms with Crippen LogP contribution in [0.4, 0.5) is 18.9 Å². The van der Waals surface area contributed by atoms with E-state index in [1.165, 1.54) is 12.1 Å². The lowest BCUT2D eigenvalue weighted by atomic mass is 10.1. The van der Waals surface area contributed by atoms with Gasteiger partial charge in [-0.05, 0) is 48.7 Å². The SMILES string of the molecule is CCCOc1ccc(NC(=O)Cc2cccc(C(F)(F)F)c2)c(C)c1. The van der Waals surface area contributed by atoms with Crippen molar-refractivity contribution >= 4 is 11.6 Å². The number of aryl methyl sites for hydroxylation is 1. The summed E-state index contributed by atoms with van der Waals surface area (Å²) in [5.41, 5.74) is 0.992. The summed E-state index contributed by atoms with van der Waals surface area (Å²) in [6, 6.07) is 10.1. The van der Waals surface area contributed by atoms with Crippen LogP contribution in [0, 0.1) is 6.92 Å². The van der Waals surface area contributed by atoms with Crippen LogP contribution >= 0.6 is 0 Å². The van der Waals surface area contributed by atoms with Crippen LogP contribution in [0.1, 0.15) is 30.0 Å². The molecule has 2 rings (SSSR count). The van der Waals surface area contributed by atoms with Crippen molar-refractivity contribution in [3.05, 3.63) is 59.2 Å². The van der Waals surface area contributed by atoms with Gasteiger partial charge in [-0.3, -0.25) is 4.79 Å². The molecule has 0 atom stereocenters. The van der Waals surface area contributed by atoms with Gasteiger partial charge in [0.2, 0.25) is 5.91 Å². The first-order valence-corrected chi connectivity index (χ1v) is 7.99. The third-order valence-corrected chi connectivity index (χ3v) is 3.56. The molecule has 0 aromatic heterocycles. The number of alkyl halides is 3. The van der Waals surface area contributed by atoms with Gasteiger partial charge in [-0.15, -0.1) is 0 Å². The van der Waals surface area contributed by atoms with E-state index in [9.17, 15) is 18.0 Å². The number of hydrogen-bond acceptors (Lipinski definition) is 2. The topological polar surface area (TPSA) is 38.3 Å². The maximum absolute atomic E-state index is 12.7. The normalized spacial score (nSPS) is 11.2. The van der Waals surface area contributed by atoms with Crippen molar-refractivity contribution in [3.8, 4) is 5.75 Å². The molecule has 0 fully saturated rings. The summed E-state index contributed by atoms with van der Waals surface area (Å²) in [5, 5.41) is 2.72. The van der Waals surface area contributed by atoms with Crippen LogP contribution in [0.3, 0.4) is 0 Å². The fraction of sp³-hybridized carbons (Fsp3) is 0.316. The molecule has 0 saturated heterocycles. The summed E-state index contributed by atoms with van der Waals surface area (Å²) in [7, 11) is 0. The molecule has 0 saturated carbocycles. The highest BCUT2D eigenvalue weighted by molar-refractivity contribution is 5.93. The van der Waals surface area contributed by atoms with Gasteiger partial charge in [0.15, 0.2) is 0 Å². The number of carbonyl (C=O) groups is 1. The Kier molecular flexibility index (Phi) is 6.07. The number of anilines is 1. The van der Waals surface area contributed by atoms with Gasteiger partial charge in [0.1, 0.15) is 5.75 Å². The molecular formula is C19H20F3NO2. The second-order valence-corrected chi connectivity index (χ2v) is 5.75. The number of ether oxygens (including phenoxy) is 1. The molecule has 134 valence electrons. The molecule has 0 heterocycles. The molecular weight excluding hydrogens is 331 g/mol.